The standard InChI is InChI=1S/C10H8O3S2/c1-14-10-4-6(11)5-2-7(12)8(13)3-9(5)15-10/h2-4,12-13H,1H3. The molecule has 0 bridgehead atoms. The van der Waals surface area contributed by atoms with Crippen LogP contribution in [0.15, 0.2) is 27.2 Å². The van der Waals surface area contributed by atoms with Gasteiger partial charge in [-0.15, -0.1) is 23.1 Å². The first-order chi connectivity index (χ1) is 7.11. The van der Waals surface area contributed by atoms with Crippen LogP contribution in [0.4, 0.5) is 0 Å². The molecule has 0 fully saturated rings. The predicted octanol–water partition coefficient (Wildman–Crippen LogP) is 2.39. The van der Waals surface area contributed by atoms with E-state index in [4.69, 9.17) is 0 Å². The fourth-order valence-electron chi connectivity index (χ4n) is 1.26. The van der Waals surface area contributed by atoms with Crippen LogP contribution in [0.2, 0.25) is 0 Å². The van der Waals surface area contributed by atoms with Crippen molar-refractivity contribution in [2.24, 2.45) is 0 Å². The summed E-state index contributed by atoms with van der Waals surface area (Å²) < 4.78 is 1.57. The SMILES string of the molecule is CSc1cc(=O)c2cc(O)c(O)cc2s1. The minimum atomic E-state index is -0.260. The summed E-state index contributed by atoms with van der Waals surface area (Å²) in [6.07, 6.45) is 1.89. The van der Waals surface area contributed by atoms with Crippen LogP contribution in [0.1, 0.15) is 0 Å². The summed E-state index contributed by atoms with van der Waals surface area (Å²) in [5.41, 5.74) is -0.136. The highest BCUT2D eigenvalue weighted by molar-refractivity contribution is 8.00. The first-order valence-corrected chi connectivity index (χ1v) is 6.20. The van der Waals surface area contributed by atoms with Crippen LogP contribution in [-0.4, -0.2) is 16.5 Å². The van der Waals surface area contributed by atoms with Crippen molar-refractivity contribution in [2.75, 3.05) is 6.26 Å². The number of hydrogen-bond acceptors (Lipinski definition) is 5. The Morgan fingerprint density at radius 2 is 1.87 bits per heavy atom. The number of rotatable bonds is 1. The lowest BCUT2D eigenvalue weighted by atomic mass is 10.2. The van der Waals surface area contributed by atoms with E-state index in [9.17, 15) is 15.0 Å². The predicted molar refractivity (Wildman–Crippen MR) is 63.2 cm³/mol. The molecule has 0 aliphatic rings. The first kappa shape index (κ1) is 10.3. The minimum absolute atomic E-state index is 0.136. The maximum atomic E-state index is 11.6. The quantitative estimate of drug-likeness (QED) is 0.593. The van der Waals surface area contributed by atoms with Crippen LogP contribution in [0.5, 0.6) is 11.5 Å². The molecule has 1 aromatic carbocycles. The molecule has 1 heterocycles. The molecule has 0 spiro atoms. The maximum Gasteiger partial charge on any atom is 0.189 e. The smallest absolute Gasteiger partial charge is 0.189 e. The van der Waals surface area contributed by atoms with Gasteiger partial charge in [0.05, 0.1) is 4.21 Å². The van der Waals surface area contributed by atoms with Gasteiger partial charge in [-0.25, -0.2) is 0 Å². The van der Waals surface area contributed by atoms with E-state index in [1.165, 1.54) is 41.3 Å². The van der Waals surface area contributed by atoms with E-state index in [1.807, 2.05) is 6.26 Å². The van der Waals surface area contributed by atoms with Crippen LogP contribution in [0.25, 0.3) is 10.1 Å². The average Bonchev–Trinajstić information content (AvgIpc) is 2.21. The molecule has 0 saturated carbocycles. The number of hydrogen-bond donors (Lipinski definition) is 2. The van der Waals surface area contributed by atoms with E-state index in [1.54, 1.807) is 0 Å². The van der Waals surface area contributed by atoms with Crippen LogP contribution < -0.4 is 5.43 Å². The van der Waals surface area contributed by atoms with Crippen LogP contribution in [-0.2, 0) is 0 Å². The second-order valence-electron chi connectivity index (χ2n) is 2.97. The molecule has 5 heteroatoms. The number of phenols is 2. The molecule has 0 aliphatic carbocycles. The molecule has 2 N–H and O–H groups in total. The highest BCUT2D eigenvalue weighted by Crippen LogP contribution is 2.33. The normalized spacial score (nSPS) is 10.7. The Hall–Kier alpha value is -1.20. The number of phenolic OH excluding ortho intramolecular Hbond substituents is 2. The molecule has 0 radical (unpaired) electrons. The first-order valence-electron chi connectivity index (χ1n) is 4.15. The maximum absolute atomic E-state index is 11.6. The molecule has 78 valence electrons. The summed E-state index contributed by atoms with van der Waals surface area (Å²) in [7, 11) is 0. The molecule has 2 aromatic rings. The van der Waals surface area contributed by atoms with Gasteiger partial charge in [0, 0.05) is 22.2 Å². The van der Waals surface area contributed by atoms with Gasteiger partial charge in [-0.1, -0.05) is 0 Å². The van der Waals surface area contributed by atoms with Gasteiger partial charge >= 0.3 is 0 Å². The number of aromatic hydroxyl groups is 2. The van der Waals surface area contributed by atoms with Gasteiger partial charge in [-0.05, 0) is 12.3 Å². The summed E-state index contributed by atoms with van der Waals surface area (Å²) in [4.78, 5) is 11.6. The third-order valence-electron chi connectivity index (χ3n) is 2.00. The summed E-state index contributed by atoms with van der Waals surface area (Å²) in [6, 6.07) is 4.25. The van der Waals surface area contributed by atoms with Crippen molar-refractivity contribution in [1.82, 2.24) is 0 Å². The van der Waals surface area contributed by atoms with E-state index in [0.29, 0.717) is 10.1 Å². The summed E-state index contributed by atoms with van der Waals surface area (Å²) in [6.45, 7) is 0. The zero-order valence-corrected chi connectivity index (χ0v) is 9.48. The van der Waals surface area contributed by atoms with Gasteiger partial charge in [-0.2, -0.15) is 0 Å². The van der Waals surface area contributed by atoms with Gasteiger partial charge < -0.3 is 10.2 Å². The Kier molecular flexibility index (Phi) is 2.58. The van der Waals surface area contributed by atoms with Crippen LogP contribution >= 0.6 is 23.1 Å². The second-order valence-corrected chi connectivity index (χ2v) is 5.16. The lowest BCUT2D eigenvalue weighted by molar-refractivity contribution is 0.405. The van der Waals surface area contributed by atoms with E-state index in [-0.39, 0.29) is 16.9 Å². The summed E-state index contributed by atoms with van der Waals surface area (Å²) >= 11 is 2.90. The third-order valence-corrected chi connectivity index (χ3v) is 4.15. The number of benzene rings is 1. The molecule has 0 aliphatic heterocycles. The molecule has 15 heavy (non-hydrogen) atoms. The Morgan fingerprint density at radius 3 is 2.53 bits per heavy atom. The molecule has 0 unspecified atom stereocenters. The molecule has 1 aromatic heterocycles. The fraction of sp³-hybridized carbons (Fsp3) is 0.100. The highest BCUT2D eigenvalue weighted by Gasteiger charge is 2.07. The summed E-state index contributed by atoms with van der Waals surface area (Å²) in [5.74, 6) is -0.458. The van der Waals surface area contributed by atoms with Gasteiger partial charge in [0.15, 0.2) is 16.9 Å². The summed E-state index contributed by atoms with van der Waals surface area (Å²) in [5, 5.41) is 19.0. The lowest BCUT2D eigenvalue weighted by Crippen LogP contribution is -1.97. The zero-order valence-electron chi connectivity index (χ0n) is 7.85. The topological polar surface area (TPSA) is 57.5 Å². The molecule has 0 atom stereocenters. The van der Waals surface area contributed by atoms with Gasteiger partial charge in [0.1, 0.15) is 0 Å². The van der Waals surface area contributed by atoms with Crippen molar-refractivity contribution in [2.45, 2.75) is 4.21 Å². The largest absolute Gasteiger partial charge is 0.504 e. The van der Waals surface area contributed by atoms with Crippen molar-refractivity contribution >= 4 is 33.2 Å². The van der Waals surface area contributed by atoms with E-state index in [2.05, 4.69) is 0 Å². The second kappa shape index (κ2) is 3.75. The molecule has 0 saturated heterocycles. The average molecular weight is 240 g/mol. The Bertz CT molecular complexity index is 575. The van der Waals surface area contributed by atoms with E-state index in [0.717, 1.165) is 4.21 Å². The number of thioether (sulfide) groups is 1. The fourth-order valence-corrected chi connectivity index (χ4v) is 2.91. The highest BCUT2D eigenvalue weighted by atomic mass is 32.2. The molecular weight excluding hydrogens is 232 g/mol. The molecular formula is C10H8O3S2. The Labute approximate surface area is 94.0 Å². The Balaban J connectivity index is 2.86. The lowest BCUT2D eigenvalue weighted by Gasteiger charge is -2.01. The number of fused-ring (bicyclic) bond motifs is 1. The third kappa shape index (κ3) is 1.80. The van der Waals surface area contributed by atoms with Crippen molar-refractivity contribution in [3.8, 4) is 11.5 Å². The van der Waals surface area contributed by atoms with Gasteiger partial charge in [0.2, 0.25) is 0 Å². The van der Waals surface area contributed by atoms with Crippen LogP contribution in [0.3, 0.4) is 0 Å². The van der Waals surface area contributed by atoms with E-state index >= 15 is 0 Å². The Morgan fingerprint density at radius 1 is 1.20 bits per heavy atom. The van der Waals surface area contributed by atoms with Crippen molar-refractivity contribution < 1.29 is 10.2 Å². The van der Waals surface area contributed by atoms with Crippen molar-refractivity contribution in [1.29, 1.82) is 0 Å². The molecule has 2 rings (SSSR count). The minimum Gasteiger partial charge on any atom is -0.504 e. The zero-order chi connectivity index (χ0) is 11.0. The van der Waals surface area contributed by atoms with E-state index < -0.39 is 0 Å². The molecule has 0 amide bonds. The monoisotopic (exact) mass is 240 g/mol. The van der Waals surface area contributed by atoms with Gasteiger partial charge in [0.25, 0.3) is 0 Å². The van der Waals surface area contributed by atoms with Crippen molar-refractivity contribution in [3.63, 3.8) is 0 Å². The molecule has 3 nitrogen and oxygen atoms in total. The van der Waals surface area contributed by atoms with Gasteiger partial charge in [-0.3, -0.25) is 4.79 Å². The van der Waals surface area contributed by atoms with Crippen molar-refractivity contribution in [3.05, 3.63) is 28.4 Å². The van der Waals surface area contributed by atoms with Crippen LogP contribution in [0, 0.1) is 0 Å².